The number of H-pyrrole nitrogens is 1. The zero-order valence-corrected chi connectivity index (χ0v) is 20.7. The maximum atomic E-state index is 12.8. The molecule has 0 aliphatic rings. The van der Waals surface area contributed by atoms with E-state index in [2.05, 4.69) is 9.97 Å². The van der Waals surface area contributed by atoms with Gasteiger partial charge >= 0.3 is 5.97 Å². The van der Waals surface area contributed by atoms with Crippen molar-refractivity contribution >= 4 is 49.1 Å². The van der Waals surface area contributed by atoms with Gasteiger partial charge in [-0.3, -0.25) is 4.79 Å². The molecule has 1 N–H and O–H groups in total. The standard InChI is InChI=1S/C21H24ClN3O5S2/c1-6-25(7-2)32(28,29)14-8-9-16(22)15(10-14)21(27)30-12(4)18-23-19(26)17-11(3)13(5)31-20(17)24-18/h8-10,12H,6-7H2,1-5H3,(H,23,24,26). The molecule has 1 unspecified atom stereocenters. The van der Waals surface area contributed by atoms with Crippen LogP contribution in [0.5, 0.6) is 0 Å². The molecule has 0 spiro atoms. The summed E-state index contributed by atoms with van der Waals surface area (Å²) in [6.45, 7) is 9.38. The SMILES string of the molecule is CCN(CC)S(=O)(=O)c1ccc(Cl)c(C(=O)OC(C)c2nc3sc(C)c(C)c3c(=O)[nH]2)c1. The number of benzene rings is 1. The number of ether oxygens (including phenoxy) is 1. The van der Waals surface area contributed by atoms with E-state index in [1.807, 2.05) is 13.8 Å². The number of carbonyl (C=O) groups excluding carboxylic acids is 1. The van der Waals surface area contributed by atoms with Gasteiger partial charge in [0.15, 0.2) is 11.9 Å². The van der Waals surface area contributed by atoms with Crippen molar-refractivity contribution in [2.75, 3.05) is 13.1 Å². The molecule has 2 heterocycles. The third-order valence-corrected chi connectivity index (χ3v) is 8.70. The Labute approximate surface area is 195 Å². The monoisotopic (exact) mass is 497 g/mol. The van der Waals surface area contributed by atoms with Gasteiger partial charge in [-0.25, -0.2) is 18.2 Å². The lowest BCUT2D eigenvalue weighted by Gasteiger charge is -2.19. The van der Waals surface area contributed by atoms with E-state index in [1.54, 1.807) is 20.8 Å². The Bertz CT molecular complexity index is 1340. The average molecular weight is 498 g/mol. The van der Waals surface area contributed by atoms with Crippen LogP contribution in [0.4, 0.5) is 0 Å². The highest BCUT2D eigenvalue weighted by Gasteiger charge is 2.26. The number of thiophene rings is 1. The molecule has 1 atom stereocenters. The first-order chi connectivity index (χ1) is 15.0. The number of aromatic amines is 1. The summed E-state index contributed by atoms with van der Waals surface area (Å²) in [6.07, 6.45) is -0.888. The number of halogens is 1. The normalized spacial score (nSPS) is 13.0. The van der Waals surface area contributed by atoms with Gasteiger partial charge in [-0.15, -0.1) is 11.3 Å². The van der Waals surface area contributed by atoms with E-state index in [1.165, 1.54) is 33.8 Å². The quantitative estimate of drug-likeness (QED) is 0.490. The van der Waals surface area contributed by atoms with Crippen LogP contribution in [0.25, 0.3) is 10.2 Å². The molecule has 8 nitrogen and oxygen atoms in total. The van der Waals surface area contributed by atoms with E-state index in [-0.39, 0.29) is 26.9 Å². The summed E-state index contributed by atoms with van der Waals surface area (Å²) in [4.78, 5) is 33.9. The first-order valence-corrected chi connectivity index (χ1v) is 12.6. The topological polar surface area (TPSA) is 109 Å². The Morgan fingerprint density at radius 2 is 1.94 bits per heavy atom. The van der Waals surface area contributed by atoms with Crippen molar-refractivity contribution in [1.82, 2.24) is 14.3 Å². The molecule has 3 rings (SSSR count). The molecule has 172 valence electrons. The summed E-state index contributed by atoms with van der Waals surface area (Å²) in [7, 11) is -3.78. The molecule has 0 saturated carbocycles. The highest BCUT2D eigenvalue weighted by molar-refractivity contribution is 7.89. The van der Waals surface area contributed by atoms with Crippen molar-refractivity contribution in [3.63, 3.8) is 0 Å². The molecule has 2 aromatic heterocycles. The first-order valence-electron chi connectivity index (χ1n) is 10.0. The van der Waals surface area contributed by atoms with Crippen LogP contribution in [0.1, 0.15) is 53.5 Å². The van der Waals surface area contributed by atoms with Crippen molar-refractivity contribution in [3.05, 3.63) is 55.4 Å². The number of esters is 1. The third kappa shape index (κ3) is 4.45. The Morgan fingerprint density at radius 1 is 1.28 bits per heavy atom. The molecule has 0 aliphatic heterocycles. The summed E-state index contributed by atoms with van der Waals surface area (Å²) in [5.41, 5.74) is 0.478. The lowest BCUT2D eigenvalue weighted by atomic mass is 10.2. The molecular formula is C21H24ClN3O5S2. The summed E-state index contributed by atoms with van der Waals surface area (Å²) in [5, 5.41) is 0.578. The van der Waals surface area contributed by atoms with Crippen molar-refractivity contribution in [2.24, 2.45) is 0 Å². The predicted molar refractivity (Wildman–Crippen MR) is 125 cm³/mol. The minimum atomic E-state index is -3.78. The van der Waals surface area contributed by atoms with Gasteiger partial charge in [0.05, 0.1) is 20.9 Å². The lowest BCUT2D eigenvalue weighted by Crippen LogP contribution is -2.30. The molecule has 0 aliphatic carbocycles. The van der Waals surface area contributed by atoms with E-state index < -0.39 is 22.1 Å². The number of hydrogen-bond acceptors (Lipinski definition) is 7. The minimum absolute atomic E-state index is 0.0531. The van der Waals surface area contributed by atoms with Gasteiger partial charge in [-0.05, 0) is 44.5 Å². The van der Waals surface area contributed by atoms with E-state index in [0.717, 1.165) is 10.4 Å². The Kier molecular flexibility index (Phi) is 7.09. The molecule has 0 amide bonds. The maximum absolute atomic E-state index is 12.8. The molecule has 11 heteroatoms. The summed E-state index contributed by atoms with van der Waals surface area (Å²) >= 11 is 7.55. The van der Waals surface area contributed by atoms with Crippen molar-refractivity contribution in [1.29, 1.82) is 0 Å². The van der Waals surface area contributed by atoms with Gasteiger partial charge in [0.25, 0.3) is 5.56 Å². The van der Waals surface area contributed by atoms with Crippen LogP contribution in [-0.4, -0.2) is 41.7 Å². The minimum Gasteiger partial charge on any atom is -0.451 e. The number of rotatable bonds is 7. The first kappa shape index (κ1) is 24.4. The lowest BCUT2D eigenvalue weighted by molar-refractivity contribution is 0.0320. The number of nitrogens with zero attached hydrogens (tertiary/aromatic N) is 2. The highest BCUT2D eigenvalue weighted by Crippen LogP contribution is 2.28. The van der Waals surface area contributed by atoms with Crippen LogP contribution in [0.15, 0.2) is 27.9 Å². The Morgan fingerprint density at radius 3 is 2.56 bits per heavy atom. The van der Waals surface area contributed by atoms with Gasteiger partial charge in [-0.2, -0.15) is 4.31 Å². The Balaban J connectivity index is 1.92. The van der Waals surface area contributed by atoms with Crippen LogP contribution in [0.2, 0.25) is 5.02 Å². The van der Waals surface area contributed by atoms with Gasteiger partial charge < -0.3 is 9.72 Å². The molecule has 3 aromatic rings. The van der Waals surface area contributed by atoms with Crippen LogP contribution in [-0.2, 0) is 14.8 Å². The number of hydrogen-bond donors (Lipinski definition) is 1. The summed E-state index contributed by atoms with van der Waals surface area (Å²) in [6, 6.07) is 3.91. The molecule has 1 aromatic carbocycles. The fourth-order valence-corrected chi connectivity index (χ4v) is 5.99. The summed E-state index contributed by atoms with van der Waals surface area (Å²) in [5.74, 6) is -0.625. The van der Waals surface area contributed by atoms with Crippen LogP contribution in [0, 0.1) is 13.8 Å². The van der Waals surface area contributed by atoms with Gasteiger partial charge in [0, 0.05) is 18.0 Å². The zero-order chi connectivity index (χ0) is 23.8. The molecule has 0 fully saturated rings. The van der Waals surface area contributed by atoms with Crippen molar-refractivity contribution in [3.8, 4) is 0 Å². The van der Waals surface area contributed by atoms with E-state index in [0.29, 0.717) is 23.3 Å². The van der Waals surface area contributed by atoms with Crippen LogP contribution < -0.4 is 5.56 Å². The number of aryl methyl sites for hydroxylation is 2. The second-order valence-corrected chi connectivity index (χ2v) is 10.7. The van der Waals surface area contributed by atoms with Crippen molar-refractivity contribution < 1.29 is 17.9 Å². The number of fused-ring (bicyclic) bond motifs is 1. The smallest absolute Gasteiger partial charge is 0.340 e. The van der Waals surface area contributed by atoms with Crippen LogP contribution in [0.3, 0.4) is 0 Å². The fraction of sp³-hybridized carbons (Fsp3) is 0.381. The second kappa shape index (κ2) is 9.30. The van der Waals surface area contributed by atoms with Crippen molar-refractivity contribution in [2.45, 2.75) is 45.6 Å². The highest BCUT2D eigenvalue weighted by atomic mass is 35.5. The maximum Gasteiger partial charge on any atom is 0.340 e. The molecular weight excluding hydrogens is 474 g/mol. The summed E-state index contributed by atoms with van der Waals surface area (Å²) < 4.78 is 32.3. The number of carbonyl (C=O) groups is 1. The molecule has 32 heavy (non-hydrogen) atoms. The van der Waals surface area contributed by atoms with Gasteiger partial charge in [0.1, 0.15) is 4.83 Å². The van der Waals surface area contributed by atoms with E-state index in [4.69, 9.17) is 16.3 Å². The largest absolute Gasteiger partial charge is 0.451 e. The zero-order valence-electron chi connectivity index (χ0n) is 18.4. The van der Waals surface area contributed by atoms with E-state index >= 15 is 0 Å². The number of sulfonamides is 1. The number of nitrogens with one attached hydrogen (secondary N) is 1. The second-order valence-electron chi connectivity index (χ2n) is 7.19. The van der Waals surface area contributed by atoms with Crippen LogP contribution >= 0.6 is 22.9 Å². The van der Waals surface area contributed by atoms with Gasteiger partial charge in [0.2, 0.25) is 10.0 Å². The van der Waals surface area contributed by atoms with Gasteiger partial charge in [-0.1, -0.05) is 25.4 Å². The average Bonchev–Trinajstić information content (AvgIpc) is 3.02. The van der Waals surface area contributed by atoms with E-state index in [9.17, 15) is 18.0 Å². The predicted octanol–water partition coefficient (Wildman–Crippen LogP) is 4.20. The fourth-order valence-electron chi connectivity index (χ4n) is 3.28. The molecule has 0 bridgehead atoms. The molecule has 0 radical (unpaired) electrons. The Hall–Kier alpha value is -2.27. The molecule has 0 saturated heterocycles. The third-order valence-electron chi connectivity index (χ3n) is 5.23. The number of aromatic nitrogens is 2.